The van der Waals surface area contributed by atoms with E-state index in [1.807, 2.05) is 13.8 Å². The first-order valence-electron chi connectivity index (χ1n) is 8.34. The molecule has 9 heteroatoms. The second-order valence-corrected chi connectivity index (χ2v) is 8.26. The lowest BCUT2D eigenvalue weighted by Crippen LogP contribution is -2.53. The highest BCUT2D eigenvalue weighted by molar-refractivity contribution is 7.84. The van der Waals surface area contributed by atoms with Crippen LogP contribution in [0.5, 0.6) is 0 Å². The average Bonchev–Trinajstić information content (AvgIpc) is 2.99. The van der Waals surface area contributed by atoms with Crippen LogP contribution >= 0.6 is 0 Å². The summed E-state index contributed by atoms with van der Waals surface area (Å²) in [5.74, 6) is -0.994. The van der Waals surface area contributed by atoms with E-state index in [-0.39, 0.29) is 30.8 Å². The summed E-state index contributed by atoms with van der Waals surface area (Å²) in [4.78, 5) is 33.9. The van der Waals surface area contributed by atoms with E-state index in [0.717, 1.165) is 6.20 Å². The van der Waals surface area contributed by atoms with Crippen LogP contribution in [-0.4, -0.2) is 55.5 Å². The third kappa shape index (κ3) is 3.23. The van der Waals surface area contributed by atoms with E-state index in [4.69, 9.17) is 0 Å². The number of carbonyl (C=O) groups is 2. The molecule has 7 nitrogen and oxygen atoms in total. The number of hydrogen-bond donors (Lipinski definition) is 2. The number of rotatable bonds is 6. The fourth-order valence-electron chi connectivity index (χ4n) is 3.31. The third-order valence-corrected chi connectivity index (χ3v) is 5.28. The Kier molecular flexibility index (Phi) is 5.08. The minimum absolute atomic E-state index is 0.00448. The molecule has 0 fully saturated rings. The quantitative estimate of drug-likeness (QED) is 0.787. The van der Waals surface area contributed by atoms with E-state index >= 15 is 0 Å². The van der Waals surface area contributed by atoms with Crippen molar-refractivity contribution in [3.05, 3.63) is 29.3 Å². The van der Waals surface area contributed by atoms with Gasteiger partial charge in [-0.05, 0) is 5.92 Å². The Labute approximate surface area is 152 Å². The van der Waals surface area contributed by atoms with E-state index in [1.54, 1.807) is 6.26 Å². The standard InChI is InChI=1S/C17H21FN4O3S/c1-9(2)14(16(23)19-4-5-26(3)25)22-8-11-12(18)7-21-15-13(11)10(6-20-15)17(22)24/h6-7,9,14H,4-5,8H2,1-3H3,(H,19,23)(H,20,21). The molecule has 140 valence electrons. The van der Waals surface area contributed by atoms with Crippen LogP contribution in [0.15, 0.2) is 12.4 Å². The topological polar surface area (TPSA) is 95.2 Å². The molecule has 0 saturated heterocycles. The molecule has 2 aromatic rings. The molecule has 2 amide bonds. The highest BCUT2D eigenvalue weighted by Crippen LogP contribution is 2.32. The lowest BCUT2D eigenvalue weighted by Gasteiger charge is -2.35. The summed E-state index contributed by atoms with van der Waals surface area (Å²) < 4.78 is 25.5. The molecule has 26 heavy (non-hydrogen) atoms. The van der Waals surface area contributed by atoms with Gasteiger partial charge in [0.15, 0.2) is 0 Å². The van der Waals surface area contributed by atoms with Gasteiger partial charge in [-0.25, -0.2) is 9.37 Å². The summed E-state index contributed by atoms with van der Waals surface area (Å²) in [5, 5.41) is 3.21. The number of nitrogens with zero attached hydrogens (tertiary/aromatic N) is 2. The summed E-state index contributed by atoms with van der Waals surface area (Å²) in [7, 11) is -1.02. The maximum Gasteiger partial charge on any atom is 0.257 e. The average molecular weight is 380 g/mol. The minimum Gasteiger partial charge on any atom is -0.353 e. The number of nitrogens with one attached hydrogen (secondary N) is 2. The van der Waals surface area contributed by atoms with Crippen molar-refractivity contribution in [1.82, 2.24) is 20.2 Å². The van der Waals surface area contributed by atoms with Gasteiger partial charge in [-0.3, -0.25) is 13.8 Å². The molecule has 3 rings (SSSR count). The van der Waals surface area contributed by atoms with Gasteiger partial charge >= 0.3 is 0 Å². The lowest BCUT2D eigenvalue weighted by atomic mass is 9.95. The van der Waals surface area contributed by atoms with Crippen LogP contribution in [0.2, 0.25) is 0 Å². The zero-order valence-electron chi connectivity index (χ0n) is 14.8. The van der Waals surface area contributed by atoms with Crippen molar-refractivity contribution >= 4 is 33.6 Å². The molecule has 0 aliphatic carbocycles. The van der Waals surface area contributed by atoms with Crippen LogP contribution in [0.1, 0.15) is 29.8 Å². The smallest absolute Gasteiger partial charge is 0.257 e. The van der Waals surface area contributed by atoms with Crippen LogP contribution in [0.3, 0.4) is 0 Å². The van der Waals surface area contributed by atoms with Crippen molar-refractivity contribution in [2.24, 2.45) is 5.92 Å². The first-order valence-corrected chi connectivity index (χ1v) is 10.1. The Morgan fingerprint density at radius 1 is 1.50 bits per heavy atom. The highest BCUT2D eigenvalue weighted by Gasteiger charge is 2.38. The van der Waals surface area contributed by atoms with Crippen LogP contribution in [0.4, 0.5) is 4.39 Å². The normalized spacial score (nSPS) is 16.2. The largest absolute Gasteiger partial charge is 0.353 e. The first-order chi connectivity index (χ1) is 12.3. The molecule has 0 bridgehead atoms. The highest BCUT2D eigenvalue weighted by atomic mass is 32.2. The zero-order chi connectivity index (χ0) is 19.0. The zero-order valence-corrected chi connectivity index (χ0v) is 15.7. The van der Waals surface area contributed by atoms with Gasteiger partial charge in [-0.2, -0.15) is 0 Å². The number of halogens is 1. The molecular weight excluding hydrogens is 359 g/mol. The lowest BCUT2D eigenvalue weighted by molar-refractivity contribution is -0.127. The molecule has 1 aliphatic rings. The molecule has 2 atom stereocenters. The maximum atomic E-state index is 14.3. The number of carbonyl (C=O) groups excluding carboxylic acids is 2. The summed E-state index contributed by atoms with van der Waals surface area (Å²) in [6.07, 6.45) is 4.18. The minimum atomic E-state index is -1.02. The van der Waals surface area contributed by atoms with Crippen molar-refractivity contribution < 1.29 is 18.2 Å². The molecular formula is C17H21FN4O3S. The maximum absolute atomic E-state index is 14.3. The van der Waals surface area contributed by atoms with Gasteiger partial charge in [0.05, 0.1) is 18.3 Å². The van der Waals surface area contributed by atoms with E-state index in [1.165, 1.54) is 11.1 Å². The predicted molar refractivity (Wildman–Crippen MR) is 96.5 cm³/mol. The monoisotopic (exact) mass is 380 g/mol. The van der Waals surface area contributed by atoms with Gasteiger partial charge in [-0.1, -0.05) is 13.8 Å². The molecule has 0 spiro atoms. The van der Waals surface area contributed by atoms with Crippen LogP contribution < -0.4 is 5.32 Å². The molecule has 0 aromatic carbocycles. The summed E-state index contributed by atoms with van der Waals surface area (Å²) in [5.41, 5.74) is 1.14. The molecule has 2 N–H and O–H groups in total. The van der Waals surface area contributed by atoms with Gasteiger partial charge in [0, 0.05) is 46.5 Å². The Hall–Kier alpha value is -2.29. The fourth-order valence-corrected chi connectivity index (χ4v) is 3.70. The van der Waals surface area contributed by atoms with Crippen LogP contribution in [0.25, 0.3) is 11.0 Å². The Balaban J connectivity index is 1.91. The van der Waals surface area contributed by atoms with E-state index < -0.39 is 22.7 Å². The van der Waals surface area contributed by atoms with Gasteiger partial charge in [0.25, 0.3) is 5.91 Å². The van der Waals surface area contributed by atoms with Gasteiger partial charge in [0.1, 0.15) is 17.5 Å². The van der Waals surface area contributed by atoms with Crippen molar-refractivity contribution in [3.8, 4) is 0 Å². The van der Waals surface area contributed by atoms with Crippen molar-refractivity contribution in [3.63, 3.8) is 0 Å². The van der Waals surface area contributed by atoms with Crippen molar-refractivity contribution in [1.29, 1.82) is 0 Å². The fraction of sp³-hybridized carbons (Fsp3) is 0.471. The van der Waals surface area contributed by atoms with E-state index in [0.29, 0.717) is 27.9 Å². The summed E-state index contributed by atoms with van der Waals surface area (Å²) in [6.45, 7) is 3.93. The number of H-pyrrole nitrogens is 1. The number of aromatic nitrogens is 2. The van der Waals surface area contributed by atoms with Crippen LogP contribution in [-0.2, 0) is 22.1 Å². The first kappa shape index (κ1) is 18.5. The molecule has 2 aromatic heterocycles. The number of hydrogen-bond acceptors (Lipinski definition) is 4. The second-order valence-electron chi connectivity index (χ2n) is 6.70. The van der Waals surface area contributed by atoms with Crippen LogP contribution in [0, 0.1) is 11.7 Å². The molecule has 3 heterocycles. The molecule has 0 radical (unpaired) electrons. The second kappa shape index (κ2) is 7.14. The Morgan fingerprint density at radius 2 is 2.23 bits per heavy atom. The Morgan fingerprint density at radius 3 is 2.88 bits per heavy atom. The van der Waals surface area contributed by atoms with E-state index in [2.05, 4.69) is 15.3 Å². The molecule has 1 aliphatic heterocycles. The van der Waals surface area contributed by atoms with Gasteiger partial charge in [0.2, 0.25) is 5.91 Å². The van der Waals surface area contributed by atoms with Crippen molar-refractivity contribution in [2.75, 3.05) is 18.6 Å². The SMILES string of the molecule is CC(C)C(C(=O)NCCS(C)=O)N1Cc2c(F)cnc3[nH]cc(c23)C1=O. The number of aromatic amines is 1. The number of amides is 2. The molecule has 2 unspecified atom stereocenters. The predicted octanol–water partition coefficient (Wildman–Crippen LogP) is 1.18. The Bertz CT molecular complexity index is 896. The third-order valence-electron chi connectivity index (χ3n) is 4.50. The summed E-state index contributed by atoms with van der Waals surface area (Å²) >= 11 is 0. The van der Waals surface area contributed by atoms with E-state index in [9.17, 15) is 18.2 Å². The number of pyridine rings is 1. The summed E-state index contributed by atoms with van der Waals surface area (Å²) in [6, 6.07) is -0.751. The van der Waals surface area contributed by atoms with Gasteiger partial charge in [-0.15, -0.1) is 0 Å². The molecule has 0 saturated carbocycles. The van der Waals surface area contributed by atoms with Gasteiger partial charge < -0.3 is 15.2 Å². The van der Waals surface area contributed by atoms with Crippen molar-refractivity contribution in [2.45, 2.75) is 26.4 Å².